The predicted octanol–water partition coefficient (Wildman–Crippen LogP) is 7.83. The molecule has 4 atom stereocenters. The van der Waals surface area contributed by atoms with E-state index in [-0.39, 0.29) is 34.4 Å². The third kappa shape index (κ3) is 13.3. The predicted molar refractivity (Wildman–Crippen MR) is 198 cm³/mol. The van der Waals surface area contributed by atoms with E-state index in [1.807, 2.05) is 20.8 Å². The number of esters is 1. The molecule has 10 nitrogen and oxygen atoms in total. The largest absolute Gasteiger partial charge is 0.607 e. The van der Waals surface area contributed by atoms with Gasteiger partial charge in [0.25, 0.3) is 0 Å². The maximum absolute atomic E-state index is 14.6. The maximum atomic E-state index is 14.6. The van der Waals surface area contributed by atoms with Crippen molar-refractivity contribution in [1.82, 2.24) is 0 Å². The topological polar surface area (TPSA) is 119 Å². The van der Waals surface area contributed by atoms with Gasteiger partial charge in [0.1, 0.15) is 37.9 Å². The van der Waals surface area contributed by atoms with E-state index in [9.17, 15) is 14.8 Å². The molecule has 1 aromatic rings. The van der Waals surface area contributed by atoms with Gasteiger partial charge in [0.05, 0.1) is 17.5 Å². The van der Waals surface area contributed by atoms with E-state index in [2.05, 4.69) is 74.3 Å². The molecule has 0 aliphatic carbocycles. The summed E-state index contributed by atoms with van der Waals surface area (Å²) in [4.78, 5) is 27.5. The van der Waals surface area contributed by atoms with E-state index >= 15 is 0 Å². The van der Waals surface area contributed by atoms with Crippen molar-refractivity contribution < 1.29 is 46.7 Å². The van der Waals surface area contributed by atoms with Gasteiger partial charge in [-0.3, -0.25) is 0 Å². The lowest BCUT2D eigenvalue weighted by atomic mass is 9.95. The Morgan fingerprint density at radius 2 is 1.48 bits per heavy atom. The first-order valence-electron chi connectivity index (χ1n) is 17.2. The average Bonchev–Trinajstić information content (AvgIpc) is 2.99. The van der Waals surface area contributed by atoms with E-state index in [1.54, 1.807) is 30.3 Å². The molecule has 48 heavy (non-hydrogen) atoms. The van der Waals surface area contributed by atoms with Gasteiger partial charge in [-0.15, -0.1) is 11.2 Å². The molecule has 0 saturated carbocycles. The number of quaternary nitrogens is 1. The molecule has 0 heterocycles. The summed E-state index contributed by atoms with van der Waals surface area (Å²) in [7, 11) is -8.97. The quantitative estimate of drug-likeness (QED) is 0.0257. The van der Waals surface area contributed by atoms with E-state index < -0.39 is 55.2 Å². The first kappa shape index (κ1) is 45.0. The number of hydrogen-bond acceptors (Lipinski definition) is 9. The minimum absolute atomic E-state index is 0.00462. The van der Waals surface area contributed by atoms with E-state index in [1.165, 1.54) is 13.0 Å². The van der Waals surface area contributed by atoms with E-state index in [0.29, 0.717) is 25.2 Å². The fraction of sp³-hybridized carbons (Fsp3) is 0.743. The molecule has 1 rings (SSSR count). The van der Waals surface area contributed by atoms with Gasteiger partial charge in [-0.2, -0.15) is 9.05 Å². The number of aliphatic hydroxyl groups is 1. The van der Waals surface area contributed by atoms with Gasteiger partial charge in [-0.1, -0.05) is 65.8 Å². The lowest BCUT2D eigenvalue weighted by Crippen LogP contribution is -2.54. The van der Waals surface area contributed by atoms with Crippen LogP contribution in [0.4, 0.5) is 0 Å². The van der Waals surface area contributed by atoms with Crippen LogP contribution in [0.3, 0.4) is 0 Å². The van der Waals surface area contributed by atoms with Crippen molar-refractivity contribution in [3.63, 3.8) is 0 Å². The number of phosphoric ester groups is 1. The van der Waals surface area contributed by atoms with Crippen molar-refractivity contribution in [2.24, 2.45) is 0 Å². The molecule has 1 unspecified atom stereocenters. The Bertz CT molecular complexity index is 1130. The maximum Gasteiger partial charge on any atom is 0.607 e. The highest BCUT2D eigenvalue weighted by Gasteiger charge is 2.53. The van der Waals surface area contributed by atoms with Crippen molar-refractivity contribution in [2.45, 2.75) is 130 Å². The lowest BCUT2D eigenvalue weighted by molar-refractivity contribution is -1.08. The zero-order valence-electron chi connectivity index (χ0n) is 32.4. The van der Waals surface area contributed by atoms with Crippen LogP contribution in [0, 0.1) is 0 Å². The minimum Gasteiger partial charge on any atom is -0.601 e. The second-order valence-corrected chi connectivity index (χ2v) is 26.9. The van der Waals surface area contributed by atoms with Crippen LogP contribution in [-0.4, -0.2) is 89.6 Å². The van der Waals surface area contributed by atoms with Crippen molar-refractivity contribution in [3.8, 4) is 0 Å². The number of carbonyl (C=O) groups excluding carboxylic acids is 1. The normalized spacial score (nSPS) is 17.2. The molecule has 1 aromatic carbocycles. The Hall–Kier alpha value is -1.03. The van der Waals surface area contributed by atoms with Crippen LogP contribution in [0.1, 0.15) is 86.0 Å². The molecule has 0 fully saturated rings. The number of rotatable bonds is 21. The molecule has 277 valence electrons. The minimum atomic E-state index is -4.36. The molecule has 0 aliphatic rings. The fourth-order valence-electron chi connectivity index (χ4n) is 4.30. The van der Waals surface area contributed by atoms with E-state index in [4.69, 9.17) is 27.3 Å². The van der Waals surface area contributed by atoms with Gasteiger partial charge in [-0.25, -0.2) is 0 Å². The molecule has 1 radical (unpaired) electrons. The molecular formula is C35H67NO9PSi2+2. The summed E-state index contributed by atoms with van der Waals surface area (Å²) in [6.45, 7) is 33.8. The molecule has 0 saturated heterocycles. The number of benzene rings is 1. The van der Waals surface area contributed by atoms with Gasteiger partial charge in [0.2, 0.25) is 6.61 Å². The molecule has 1 N–H and O–H groups in total. The van der Waals surface area contributed by atoms with Gasteiger partial charge in [0.15, 0.2) is 22.2 Å². The number of carbonyl (C=O) groups is 1. The number of hydrogen-bond donors (Lipinski definition) is 1. The average molecular weight is 733 g/mol. The molecule has 13 heteroatoms. The summed E-state index contributed by atoms with van der Waals surface area (Å²) in [5.74, 6) is -0.606. The molecule has 0 aromatic heterocycles. The third-order valence-electron chi connectivity index (χ3n) is 9.99. The van der Waals surface area contributed by atoms with Crippen molar-refractivity contribution in [2.75, 3.05) is 39.5 Å². The van der Waals surface area contributed by atoms with Crippen molar-refractivity contribution in [1.29, 1.82) is 0 Å². The van der Waals surface area contributed by atoms with Crippen LogP contribution in [0.25, 0.3) is 0 Å². The van der Waals surface area contributed by atoms with E-state index in [0.717, 1.165) is 0 Å². The van der Waals surface area contributed by atoms with Crippen LogP contribution in [-0.2, 0) is 27.3 Å². The highest BCUT2D eigenvalue weighted by Crippen LogP contribution is 2.58. The van der Waals surface area contributed by atoms with Gasteiger partial charge in [-0.05, 0) is 76.1 Å². The van der Waals surface area contributed by atoms with Gasteiger partial charge >= 0.3 is 14.1 Å². The second-order valence-electron chi connectivity index (χ2n) is 15.8. The zero-order chi connectivity index (χ0) is 37.2. The van der Waals surface area contributed by atoms with Crippen LogP contribution < -0.4 is 4.89 Å². The smallest absolute Gasteiger partial charge is 0.601 e. The van der Waals surface area contributed by atoms with Crippen molar-refractivity contribution in [3.05, 3.63) is 48.6 Å². The lowest BCUT2D eigenvalue weighted by Gasteiger charge is -2.43. The van der Waals surface area contributed by atoms with Crippen LogP contribution in [0.2, 0.25) is 36.3 Å². The molecule has 0 aliphatic heterocycles. The molecule has 0 amide bonds. The highest BCUT2D eigenvalue weighted by atomic mass is 31.2. The number of ether oxygens (including phenoxy) is 1. The molecule has 0 spiro atoms. The Kier molecular flexibility index (Phi) is 16.8. The Balaban J connectivity index is 3.69. The molecule has 0 bridgehead atoms. The zero-order valence-corrected chi connectivity index (χ0v) is 35.3. The van der Waals surface area contributed by atoms with Crippen molar-refractivity contribution >= 4 is 30.8 Å². The van der Waals surface area contributed by atoms with Gasteiger partial charge in [0, 0.05) is 11.0 Å². The monoisotopic (exact) mass is 732 g/mol. The number of phosphoric acid groups is 1. The third-order valence-corrected chi connectivity index (χ3v) is 20.5. The first-order valence-corrected chi connectivity index (χ1v) is 24.5. The summed E-state index contributed by atoms with van der Waals surface area (Å²) in [6, 6.07) is 8.53. The summed E-state index contributed by atoms with van der Waals surface area (Å²) in [5, 5.41) is 11.9. The SMILES string of the molecule is C=CCO[P+]([O-])(O[C@H](C[C@H](CO[Si](C)(C)C(C)(C)C)O[Si](C)(C)C(C)(C)C)[C@](C)(O)COC(=[O+])c1ccccc1)O[N+](CC)(CC)CC. The summed E-state index contributed by atoms with van der Waals surface area (Å²) in [5.41, 5.74) is -1.50. The Labute approximate surface area is 294 Å². The Morgan fingerprint density at radius 1 is 0.958 bits per heavy atom. The van der Waals surface area contributed by atoms with Crippen LogP contribution >= 0.6 is 8.17 Å². The van der Waals surface area contributed by atoms with Crippen LogP contribution in [0.15, 0.2) is 43.0 Å². The Morgan fingerprint density at radius 3 is 1.94 bits per heavy atom. The molecular weight excluding hydrogens is 666 g/mol. The standard InChI is InChI=1S/C35H67NO9PSi2/c1-16-25-41-46(39,45-36(17-2,18-3)19-4)43-31(35(11,38)28-40-32(37)29-23-21-20-22-24-29)26-30(44-48(14,15)34(8,9)10)27-42-47(12,13)33(5,6)7/h16,20-24,30-31,38H,1,17-19,25-28H2,2-15H3/q+2/t30-,31-,35-,46?/m1/s1. The second kappa shape index (κ2) is 18.0. The number of nitrogens with zero attached hydrogens (tertiary/aromatic N) is 1. The van der Waals surface area contributed by atoms with Gasteiger partial charge < -0.3 is 23.6 Å². The van der Waals surface area contributed by atoms with Crippen LogP contribution in [0.5, 0.6) is 0 Å². The fourth-order valence-corrected chi connectivity index (χ4v) is 8.52. The summed E-state index contributed by atoms with van der Waals surface area (Å²) >= 11 is 0. The number of hydroxylamine groups is 3. The summed E-state index contributed by atoms with van der Waals surface area (Å²) < 4.78 is 37.5. The first-order chi connectivity index (χ1) is 21.8. The summed E-state index contributed by atoms with van der Waals surface area (Å²) in [6.07, 6.45) is -0.256. The highest BCUT2D eigenvalue weighted by molar-refractivity contribution is 7.53.